The van der Waals surface area contributed by atoms with Gasteiger partial charge in [0.2, 0.25) is 0 Å². The molecule has 0 aromatic heterocycles. The van der Waals surface area contributed by atoms with E-state index in [1.807, 2.05) is 0 Å². The lowest BCUT2D eigenvalue weighted by molar-refractivity contribution is -0.169. The average Bonchev–Trinajstić information content (AvgIpc) is 2.09. The SMILES string of the molecule is O=C1C[C@@H](CCc2cc(O)cc(O)c2)O1. The molecule has 4 heteroatoms. The Morgan fingerprint density at radius 3 is 2.40 bits per heavy atom. The van der Waals surface area contributed by atoms with Gasteiger partial charge in [-0.2, -0.15) is 0 Å². The van der Waals surface area contributed by atoms with E-state index in [2.05, 4.69) is 0 Å². The first-order valence-corrected chi connectivity index (χ1v) is 4.85. The van der Waals surface area contributed by atoms with Gasteiger partial charge in [-0.25, -0.2) is 0 Å². The van der Waals surface area contributed by atoms with Crippen molar-refractivity contribution in [3.63, 3.8) is 0 Å². The molecule has 0 amide bonds. The van der Waals surface area contributed by atoms with Crippen molar-refractivity contribution < 1.29 is 19.7 Å². The minimum atomic E-state index is -0.154. The molecule has 0 unspecified atom stereocenters. The van der Waals surface area contributed by atoms with Crippen LogP contribution < -0.4 is 0 Å². The van der Waals surface area contributed by atoms with Crippen molar-refractivity contribution >= 4 is 5.97 Å². The number of phenols is 2. The number of aromatic hydroxyl groups is 2. The highest BCUT2D eigenvalue weighted by atomic mass is 16.6. The van der Waals surface area contributed by atoms with Gasteiger partial charge >= 0.3 is 5.97 Å². The molecule has 80 valence electrons. The summed E-state index contributed by atoms with van der Waals surface area (Å²) in [6.07, 6.45) is 1.89. The number of esters is 1. The highest BCUT2D eigenvalue weighted by molar-refractivity contribution is 5.75. The molecule has 2 rings (SSSR count). The number of aryl methyl sites for hydroxylation is 1. The molecular formula is C11H12O4. The second-order valence-electron chi connectivity index (χ2n) is 3.71. The summed E-state index contributed by atoms with van der Waals surface area (Å²) in [7, 11) is 0. The second kappa shape index (κ2) is 3.81. The first-order chi connectivity index (χ1) is 7.13. The molecule has 1 atom stereocenters. The van der Waals surface area contributed by atoms with Crippen LogP contribution in [0.15, 0.2) is 18.2 Å². The Bertz CT molecular complexity index is 358. The van der Waals surface area contributed by atoms with E-state index in [0.29, 0.717) is 12.8 Å². The van der Waals surface area contributed by atoms with E-state index in [1.165, 1.54) is 6.07 Å². The molecule has 0 radical (unpaired) electrons. The largest absolute Gasteiger partial charge is 0.508 e. The lowest BCUT2D eigenvalue weighted by Crippen LogP contribution is -2.32. The fourth-order valence-electron chi connectivity index (χ4n) is 1.65. The number of benzene rings is 1. The minimum Gasteiger partial charge on any atom is -0.508 e. The van der Waals surface area contributed by atoms with Gasteiger partial charge in [-0.05, 0) is 30.5 Å². The van der Waals surface area contributed by atoms with E-state index < -0.39 is 0 Å². The van der Waals surface area contributed by atoms with Gasteiger partial charge < -0.3 is 14.9 Å². The van der Waals surface area contributed by atoms with E-state index in [-0.39, 0.29) is 23.6 Å². The van der Waals surface area contributed by atoms with Crippen LogP contribution in [0.3, 0.4) is 0 Å². The third-order valence-corrected chi connectivity index (χ3v) is 2.41. The highest BCUT2D eigenvalue weighted by Gasteiger charge is 2.27. The van der Waals surface area contributed by atoms with Crippen LogP contribution in [-0.4, -0.2) is 22.3 Å². The number of carbonyl (C=O) groups is 1. The Morgan fingerprint density at radius 1 is 1.27 bits per heavy atom. The van der Waals surface area contributed by atoms with Crippen LogP contribution >= 0.6 is 0 Å². The van der Waals surface area contributed by atoms with Crippen molar-refractivity contribution in [3.8, 4) is 11.5 Å². The highest BCUT2D eigenvalue weighted by Crippen LogP contribution is 2.24. The summed E-state index contributed by atoms with van der Waals surface area (Å²) in [4.78, 5) is 10.5. The summed E-state index contributed by atoms with van der Waals surface area (Å²) >= 11 is 0. The number of ether oxygens (including phenoxy) is 1. The van der Waals surface area contributed by atoms with Crippen molar-refractivity contribution in [1.82, 2.24) is 0 Å². The quantitative estimate of drug-likeness (QED) is 0.736. The van der Waals surface area contributed by atoms with Crippen molar-refractivity contribution in [1.29, 1.82) is 0 Å². The number of hydrogen-bond donors (Lipinski definition) is 2. The molecule has 1 heterocycles. The van der Waals surface area contributed by atoms with Crippen LogP contribution in [0.4, 0.5) is 0 Å². The van der Waals surface area contributed by atoms with E-state index >= 15 is 0 Å². The molecule has 2 N–H and O–H groups in total. The predicted octanol–water partition coefficient (Wildman–Crippen LogP) is 1.35. The van der Waals surface area contributed by atoms with Crippen molar-refractivity contribution in [2.75, 3.05) is 0 Å². The van der Waals surface area contributed by atoms with Crippen LogP contribution in [0.5, 0.6) is 11.5 Å². The fraction of sp³-hybridized carbons (Fsp3) is 0.364. The first kappa shape index (κ1) is 9.83. The maximum atomic E-state index is 10.5. The molecule has 4 nitrogen and oxygen atoms in total. The molecule has 0 spiro atoms. The van der Waals surface area contributed by atoms with Gasteiger partial charge in [0.25, 0.3) is 0 Å². The zero-order chi connectivity index (χ0) is 10.8. The molecule has 0 aliphatic carbocycles. The Labute approximate surface area is 87.1 Å². The Balaban J connectivity index is 1.90. The zero-order valence-corrected chi connectivity index (χ0v) is 8.14. The van der Waals surface area contributed by atoms with Gasteiger partial charge in [0.1, 0.15) is 17.6 Å². The Hall–Kier alpha value is -1.71. The van der Waals surface area contributed by atoms with Gasteiger partial charge in [0, 0.05) is 6.07 Å². The van der Waals surface area contributed by atoms with Crippen LogP contribution in [0.2, 0.25) is 0 Å². The standard InChI is InChI=1S/C11H12O4/c12-8-3-7(4-9(13)5-8)1-2-10-6-11(14)15-10/h3-5,10,12-13H,1-2,6H2/t10-/m1/s1. The van der Waals surface area contributed by atoms with Gasteiger partial charge in [0.15, 0.2) is 0 Å². The summed E-state index contributed by atoms with van der Waals surface area (Å²) < 4.78 is 4.86. The lowest BCUT2D eigenvalue weighted by Gasteiger charge is -2.25. The van der Waals surface area contributed by atoms with E-state index in [1.54, 1.807) is 12.1 Å². The topological polar surface area (TPSA) is 66.8 Å². The fourth-order valence-corrected chi connectivity index (χ4v) is 1.65. The third-order valence-electron chi connectivity index (χ3n) is 2.41. The molecule has 1 aromatic rings. The van der Waals surface area contributed by atoms with Crippen LogP contribution in [0.25, 0.3) is 0 Å². The smallest absolute Gasteiger partial charge is 0.309 e. The number of carbonyl (C=O) groups excluding carboxylic acids is 1. The van der Waals surface area contributed by atoms with Crippen LogP contribution in [-0.2, 0) is 16.0 Å². The number of hydrogen-bond acceptors (Lipinski definition) is 4. The van der Waals surface area contributed by atoms with Gasteiger partial charge in [-0.15, -0.1) is 0 Å². The molecular weight excluding hydrogens is 196 g/mol. The van der Waals surface area contributed by atoms with Crippen molar-refractivity contribution in [2.45, 2.75) is 25.4 Å². The monoisotopic (exact) mass is 208 g/mol. The minimum absolute atomic E-state index is 0.00184. The van der Waals surface area contributed by atoms with Crippen LogP contribution in [0, 0.1) is 0 Å². The number of rotatable bonds is 3. The van der Waals surface area contributed by atoms with Crippen molar-refractivity contribution in [2.24, 2.45) is 0 Å². The molecule has 1 fully saturated rings. The lowest BCUT2D eigenvalue weighted by atomic mass is 10.0. The van der Waals surface area contributed by atoms with Crippen LogP contribution in [0.1, 0.15) is 18.4 Å². The maximum Gasteiger partial charge on any atom is 0.309 e. The normalized spacial score (nSPS) is 19.5. The summed E-state index contributed by atoms with van der Waals surface area (Å²) in [6.45, 7) is 0. The number of phenolic OH excluding ortho intramolecular Hbond substituents is 2. The van der Waals surface area contributed by atoms with Crippen molar-refractivity contribution in [3.05, 3.63) is 23.8 Å². The zero-order valence-electron chi connectivity index (χ0n) is 8.14. The summed E-state index contributed by atoms with van der Waals surface area (Å²) in [6, 6.07) is 4.48. The average molecular weight is 208 g/mol. The molecule has 0 bridgehead atoms. The summed E-state index contributed by atoms with van der Waals surface area (Å²) in [5.41, 5.74) is 0.843. The molecule has 1 saturated heterocycles. The van der Waals surface area contributed by atoms with Gasteiger partial charge in [-0.3, -0.25) is 4.79 Å². The molecule has 15 heavy (non-hydrogen) atoms. The predicted molar refractivity (Wildman–Crippen MR) is 52.6 cm³/mol. The number of cyclic esters (lactones) is 1. The van der Waals surface area contributed by atoms with Gasteiger partial charge in [0.05, 0.1) is 6.42 Å². The summed E-state index contributed by atoms with van der Waals surface area (Å²) in [5, 5.41) is 18.5. The first-order valence-electron chi connectivity index (χ1n) is 4.85. The molecule has 1 aromatic carbocycles. The van der Waals surface area contributed by atoms with E-state index in [9.17, 15) is 15.0 Å². The molecule has 1 aliphatic rings. The summed E-state index contributed by atoms with van der Waals surface area (Å²) in [5.74, 6) is -0.0510. The van der Waals surface area contributed by atoms with E-state index in [4.69, 9.17) is 4.74 Å². The Morgan fingerprint density at radius 2 is 1.87 bits per heavy atom. The third kappa shape index (κ3) is 2.40. The second-order valence-corrected chi connectivity index (χ2v) is 3.71. The molecule has 0 saturated carbocycles. The Kier molecular flexibility index (Phi) is 2.49. The molecule has 1 aliphatic heterocycles. The van der Waals surface area contributed by atoms with Gasteiger partial charge in [-0.1, -0.05) is 0 Å². The van der Waals surface area contributed by atoms with E-state index in [0.717, 1.165) is 12.0 Å². The maximum absolute atomic E-state index is 10.5.